The molecule has 0 aromatic heterocycles. The lowest BCUT2D eigenvalue weighted by Crippen LogP contribution is -2.28. The number of hydrogen-bond donors (Lipinski definition) is 2. The molecule has 0 spiro atoms. The van der Waals surface area contributed by atoms with Gasteiger partial charge in [-0.05, 0) is 30.7 Å². The van der Waals surface area contributed by atoms with E-state index in [0.29, 0.717) is 13.1 Å². The third kappa shape index (κ3) is 3.60. The molecule has 86 valence electrons. The van der Waals surface area contributed by atoms with Gasteiger partial charge in [-0.15, -0.1) is 5.92 Å². The Morgan fingerprint density at radius 1 is 1.56 bits per heavy atom. The summed E-state index contributed by atoms with van der Waals surface area (Å²) in [4.78, 5) is 0. The lowest BCUT2D eigenvalue weighted by molar-refractivity contribution is 0.568. The van der Waals surface area contributed by atoms with Crippen LogP contribution in [0.4, 0.5) is 4.39 Å². The summed E-state index contributed by atoms with van der Waals surface area (Å²) in [6.45, 7) is 2.71. The summed E-state index contributed by atoms with van der Waals surface area (Å²) in [5.41, 5.74) is 6.47. The average Bonchev–Trinajstić information content (AvgIpc) is 2.28. The number of rotatable bonds is 4. The maximum Gasteiger partial charge on any atom is 0.123 e. The van der Waals surface area contributed by atoms with Crippen LogP contribution in [0.1, 0.15) is 18.5 Å². The summed E-state index contributed by atoms with van der Waals surface area (Å²) in [5.74, 6) is 5.41. The molecule has 0 saturated carbocycles. The van der Waals surface area contributed by atoms with Gasteiger partial charge in [0.25, 0.3) is 0 Å². The van der Waals surface area contributed by atoms with Gasteiger partial charge in [-0.2, -0.15) is 0 Å². The zero-order chi connectivity index (χ0) is 12.0. The van der Waals surface area contributed by atoms with Crippen LogP contribution in [0.25, 0.3) is 0 Å². The quantitative estimate of drug-likeness (QED) is 0.832. The van der Waals surface area contributed by atoms with E-state index < -0.39 is 0 Å². The fourth-order valence-corrected chi connectivity index (χ4v) is 1.89. The van der Waals surface area contributed by atoms with E-state index in [-0.39, 0.29) is 11.9 Å². The van der Waals surface area contributed by atoms with E-state index in [4.69, 9.17) is 5.73 Å². The minimum Gasteiger partial charge on any atom is -0.329 e. The molecular formula is C12H14BrFN2. The smallest absolute Gasteiger partial charge is 0.123 e. The van der Waals surface area contributed by atoms with Gasteiger partial charge in [0.15, 0.2) is 0 Å². The highest BCUT2D eigenvalue weighted by atomic mass is 79.9. The minimum absolute atomic E-state index is 0.0917. The van der Waals surface area contributed by atoms with E-state index in [9.17, 15) is 4.39 Å². The molecule has 1 atom stereocenters. The van der Waals surface area contributed by atoms with Crippen LogP contribution >= 0.6 is 15.9 Å². The molecule has 0 amide bonds. The summed E-state index contributed by atoms with van der Waals surface area (Å²) in [6.07, 6.45) is 0. The van der Waals surface area contributed by atoms with E-state index in [1.165, 1.54) is 12.1 Å². The van der Waals surface area contributed by atoms with Gasteiger partial charge in [-0.3, -0.25) is 5.32 Å². The van der Waals surface area contributed by atoms with Crippen LogP contribution in [0.2, 0.25) is 0 Å². The normalized spacial score (nSPS) is 11.8. The van der Waals surface area contributed by atoms with Gasteiger partial charge in [-0.1, -0.05) is 21.9 Å². The van der Waals surface area contributed by atoms with Crippen molar-refractivity contribution < 1.29 is 4.39 Å². The van der Waals surface area contributed by atoms with Gasteiger partial charge in [0.2, 0.25) is 0 Å². The lowest BCUT2D eigenvalue weighted by atomic mass is 10.1. The molecule has 0 aliphatic heterocycles. The fraction of sp³-hybridized carbons (Fsp3) is 0.333. The standard InChI is InChI=1S/C12H14BrFN2/c1-2-3-6-16-12(8-15)10-7-9(14)4-5-11(10)13/h4-5,7,12,16H,6,8,15H2,1H3. The predicted molar refractivity (Wildman–Crippen MR) is 67.3 cm³/mol. The number of halogens is 2. The van der Waals surface area contributed by atoms with Crippen LogP contribution in [0.5, 0.6) is 0 Å². The highest BCUT2D eigenvalue weighted by Gasteiger charge is 2.12. The molecule has 0 bridgehead atoms. The summed E-state index contributed by atoms with van der Waals surface area (Å²) < 4.78 is 14.0. The number of nitrogens with two attached hydrogens (primary N) is 1. The van der Waals surface area contributed by atoms with Crippen molar-refractivity contribution in [2.45, 2.75) is 13.0 Å². The molecule has 1 rings (SSSR count). The van der Waals surface area contributed by atoms with Gasteiger partial charge in [0, 0.05) is 17.1 Å². The van der Waals surface area contributed by atoms with Gasteiger partial charge in [-0.25, -0.2) is 4.39 Å². The largest absolute Gasteiger partial charge is 0.329 e. The van der Waals surface area contributed by atoms with Crippen molar-refractivity contribution in [2.75, 3.05) is 13.1 Å². The predicted octanol–water partition coefficient (Wildman–Crippen LogP) is 2.20. The highest BCUT2D eigenvalue weighted by Crippen LogP contribution is 2.23. The first-order valence-electron chi connectivity index (χ1n) is 4.97. The Kier molecular flexibility index (Phi) is 5.47. The molecule has 4 heteroatoms. The molecule has 0 aliphatic carbocycles. The van der Waals surface area contributed by atoms with E-state index in [1.807, 2.05) is 0 Å². The Morgan fingerprint density at radius 3 is 2.94 bits per heavy atom. The van der Waals surface area contributed by atoms with Crippen molar-refractivity contribution in [2.24, 2.45) is 5.73 Å². The average molecular weight is 285 g/mol. The zero-order valence-corrected chi connectivity index (χ0v) is 10.6. The molecule has 1 aromatic rings. The molecule has 0 radical (unpaired) electrons. The highest BCUT2D eigenvalue weighted by molar-refractivity contribution is 9.10. The second-order valence-electron chi connectivity index (χ2n) is 3.26. The summed E-state index contributed by atoms with van der Waals surface area (Å²) in [6, 6.07) is 4.48. The van der Waals surface area contributed by atoms with Crippen LogP contribution in [-0.2, 0) is 0 Å². The molecule has 0 saturated heterocycles. The van der Waals surface area contributed by atoms with Crippen molar-refractivity contribution in [1.82, 2.24) is 5.32 Å². The Hall–Kier alpha value is -0.890. The first-order valence-corrected chi connectivity index (χ1v) is 5.76. The maximum absolute atomic E-state index is 13.1. The van der Waals surface area contributed by atoms with Gasteiger partial charge in [0.05, 0.1) is 6.54 Å². The maximum atomic E-state index is 13.1. The van der Waals surface area contributed by atoms with E-state index in [1.54, 1.807) is 13.0 Å². The topological polar surface area (TPSA) is 38.0 Å². The first kappa shape index (κ1) is 13.2. The molecule has 0 aliphatic rings. The molecule has 2 nitrogen and oxygen atoms in total. The Bertz CT molecular complexity index is 409. The molecule has 1 aromatic carbocycles. The third-order valence-electron chi connectivity index (χ3n) is 2.18. The molecule has 16 heavy (non-hydrogen) atoms. The van der Waals surface area contributed by atoms with Crippen molar-refractivity contribution in [1.29, 1.82) is 0 Å². The van der Waals surface area contributed by atoms with Crippen LogP contribution in [0.3, 0.4) is 0 Å². The van der Waals surface area contributed by atoms with Crippen molar-refractivity contribution in [3.05, 3.63) is 34.1 Å². The monoisotopic (exact) mass is 284 g/mol. The van der Waals surface area contributed by atoms with Gasteiger partial charge in [0.1, 0.15) is 5.82 Å². The Morgan fingerprint density at radius 2 is 2.31 bits per heavy atom. The lowest BCUT2D eigenvalue weighted by Gasteiger charge is -2.17. The summed E-state index contributed by atoms with van der Waals surface area (Å²) >= 11 is 3.38. The van der Waals surface area contributed by atoms with E-state index in [0.717, 1.165) is 10.0 Å². The first-order chi connectivity index (χ1) is 7.69. The number of benzene rings is 1. The summed E-state index contributed by atoms with van der Waals surface area (Å²) in [5, 5.41) is 3.16. The van der Waals surface area contributed by atoms with Gasteiger partial charge >= 0.3 is 0 Å². The fourth-order valence-electron chi connectivity index (χ4n) is 1.36. The molecular weight excluding hydrogens is 271 g/mol. The molecule has 3 N–H and O–H groups in total. The number of hydrogen-bond acceptors (Lipinski definition) is 2. The second kappa shape index (κ2) is 6.64. The molecule has 0 heterocycles. The van der Waals surface area contributed by atoms with E-state index >= 15 is 0 Å². The van der Waals surface area contributed by atoms with Crippen LogP contribution in [0, 0.1) is 17.7 Å². The minimum atomic E-state index is -0.264. The van der Waals surface area contributed by atoms with Crippen molar-refractivity contribution in [3.63, 3.8) is 0 Å². The zero-order valence-electron chi connectivity index (χ0n) is 9.06. The van der Waals surface area contributed by atoms with Crippen LogP contribution < -0.4 is 11.1 Å². The second-order valence-corrected chi connectivity index (χ2v) is 4.12. The third-order valence-corrected chi connectivity index (χ3v) is 2.90. The van der Waals surface area contributed by atoms with Crippen molar-refractivity contribution in [3.8, 4) is 11.8 Å². The van der Waals surface area contributed by atoms with E-state index in [2.05, 4.69) is 33.1 Å². The number of nitrogens with one attached hydrogen (secondary N) is 1. The van der Waals surface area contributed by atoms with Crippen molar-refractivity contribution >= 4 is 15.9 Å². The Labute approximate surface area is 104 Å². The van der Waals surface area contributed by atoms with Crippen LogP contribution in [-0.4, -0.2) is 13.1 Å². The molecule has 1 unspecified atom stereocenters. The Balaban J connectivity index is 2.84. The molecule has 0 fully saturated rings. The van der Waals surface area contributed by atoms with Gasteiger partial charge < -0.3 is 5.73 Å². The van der Waals surface area contributed by atoms with Crippen LogP contribution in [0.15, 0.2) is 22.7 Å². The SMILES string of the molecule is CC#CCNC(CN)c1cc(F)ccc1Br. The summed E-state index contributed by atoms with van der Waals surface area (Å²) in [7, 11) is 0.